The molecule has 0 aliphatic heterocycles. The Hall–Kier alpha value is -3.76. The van der Waals surface area contributed by atoms with Crippen LogP contribution in [-0.4, -0.2) is 35.2 Å². The normalized spacial score (nSPS) is 15.0. The average molecular weight is 718 g/mol. The maximum atomic E-state index is 15.9. The number of hydrogen-bond acceptors (Lipinski definition) is 3. The van der Waals surface area contributed by atoms with Gasteiger partial charge in [0, 0.05) is 34.0 Å². The molecule has 1 N–H and O–H groups in total. The second-order valence-corrected chi connectivity index (χ2v) is 11.0. The zero-order chi connectivity index (χ0) is 33.7. The van der Waals surface area contributed by atoms with E-state index in [1.807, 2.05) is 0 Å². The van der Waals surface area contributed by atoms with Crippen LogP contribution < -0.4 is 10.2 Å². The summed E-state index contributed by atoms with van der Waals surface area (Å²) in [6, 6.07) is 4.25. The van der Waals surface area contributed by atoms with E-state index in [2.05, 4.69) is 20.9 Å². The highest BCUT2D eigenvalue weighted by Crippen LogP contribution is 2.55. The van der Waals surface area contributed by atoms with Gasteiger partial charge in [0.1, 0.15) is 0 Å². The molecule has 1 aromatic heterocycles. The molecule has 0 radical (unpaired) electrons. The number of nitrogens with one attached hydrogen (secondary N) is 1. The van der Waals surface area contributed by atoms with E-state index >= 15 is 4.39 Å². The molecule has 0 saturated heterocycles. The van der Waals surface area contributed by atoms with Crippen LogP contribution >= 0.6 is 15.9 Å². The summed E-state index contributed by atoms with van der Waals surface area (Å²) < 4.78 is 151. The second kappa shape index (κ2) is 11.9. The first-order valence-electron chi connectivity index (χ1n) is 12.8. The Kier molecular flexibility index (Phi) is 9.00. The number of carbonyl (C=O) groups excluding carboxylic acids is 2. The number of amides is 2. The third kappa shape index (κ3) is 6.49. The molecule has 2 aromatic carbocycles. The van der Waals surface area contributed by atoms with Gasteiger partial charge in [0.2, 0.25) is 0 Å². The minimum atomic E-state index is -6.72. The van der Waals surface area contributed by atoms with Crippen molar-refractivity contribution >= 4 is 39.1 Å². The summed E-state index contributed by atoms with van der Waals surface area (Å²) in [5.41, 5.74) is -13.6. The standard InChI is InChI=1S/C28H19BrF11N3O2/c1-13(14-5-6-14)43(24(45)15-7-9-41-10-8-15)20-4-2-3-17(21(20)30)23(44)42-22-18(26(32,33)34)11-16(12-19(22)29)25(31,27(35,36)37)28(38,39)40/h2-4,7-14H,5-6H2,1H3,(H,42,44). The predicted molar refractivity (Wildman–Crippen MR) is 142 cm³/mol. The molecule has 3 aromatic rings. The third-order valence-electron chi connectivity index (χ3n) is 7.15. The van der Waals surface area contributed by atoms with Gasteiger partial charge in [-0.05, 0) is 78.0 Å². The molecule has 2 amide bonds. The third-order valence-corrected chi connectivity index (χ3v) is 7.78. The first-order valence-corrected chi connectivity index (χ1v) is 13.6. The molecule has 1 aliphatic rings. The van der Waals surface area contributed by atoms with Gasteiger partial charge in [-0.1, -0.05) is 6.07 Å². The Morgan fingerprint density at radius 3 is 2.02 bits per heavy atom. The summed E-state index contributed by atoms with van der Waals surface area (Å²) in [6.45, 7) is 1.63. The maximum absolute atomic E-state index is 15.9. The molecule has 1 heterocycles. The van der Waals surface area contributed by atoms with Gasteiger partial charge in [-0.25, -0.2) is 8.78 Å². The predicted octanol–water partition coefficient (Wildman–Crippen LogP) is 8.99. The van der Waals surface area contributed by atoms with Crippen molar-refractivity contribution in [1.82, 2.24) is 4.98 Å². The molecule has 0 spiro atoms. The summed E-state index contributed by atoms with van der Waals surface area (Å²) in [6.07, 6.45) is -15.1. The number of aromatic nitrogens is 1. The Bertz CT molecular complexity index is 1590. The summed E-state index contributed by atoms with van der Waals surface area (Å²) in [7, 11) is 0. The molecule has 1 saturated carbocycles. The summed E-state index contributed by atoms with van der Waals surface area (Å²) in [5, 5.41) is 1.65. The zero-order valence-corrected chi connectivity index (χ0v) is 24.1. The van der Waals surface area contributed by atoms with Gasteiger partial charge in [0.05, 0.1) is 22.5 Å². The summed E-state index contributed by atoms with van der Waals surface area (Å²) >= 11 is 2.39. The van der Waals surface area contributed by atoms with Crippen LogP contribution in [0.5, 0.6) is 0 Å². The van der Waals surface area contributed by atoms with E-state index in [0.717, 1.165) is 23.1 Å². The monoisotopic (exact) mass is 717 g/mol. The molecule has 45 heavy (non-hydrogen) atoms. The lowest BCUT2D eigenvalue weighted by Crippen LogP contribution is -2.50. The Morgan fingerprint density at radius 1 is 0.933 bits per heavy atom. The fraction of sp³-hybridized carbons (Fsp3) is 0.321. The lowest BCUT2D eigenvalue weighted by Gasteiger charge is -2.31. The van der Waals surface area contributed by atoms with Gasteiger partial charge < -0.3 is 10.2 Å². The molecule has 1 fully saturated rings. The summed E-state index contributed by atoms with van der Waals surface area (Å²) in [5.74, 6) is -3.69. The Morgan fingerprint density at radius 2 is 1.51 bits per heavy atom. The number of pyridine rings is 1. The number of alkyl halides is 10. The van der Waals surface area contributed by atoms with Gasteiger partial charge in [-0.15, -0.1) is 0 Å². The fourth-order valence-electron chi connectivity index (χ4n) is 4.64. The largest absolute Gasteiger partial charge is 0.435 e. The van der Waals surface area contributed by atoms with E-state index in [9.17, 15) is 53.5 Å². The average Bonchev–Trinajstić information content (AvgIpc) is 3.79. The van der Waals surface area contributed by atoms with E-state index in [1.165, 1.54) is 24.5 Å². The lowest BCUT2D eigenvalue weighted by molar-refractivity contribution is -0.348. The summed E-state index contributed by atoms with van der Waals surface area (Å²) in [4.78, 5) is 31.4. The number of rotatable bonds is 7. The zero-order valence-electron chi connectivity index (χ0n) is 22.5. The van der Waals surface area contributed by atoms with Crippen molar-refractivity contribution in [1.29, 1.82) is 0 Å². The molecule has 242 valence electrons. The number of nitrogens with zero attached hydrogens (tertiary/aromatic N) is 2. The van der Waals surface area contributed by atoms with Crippen LogP contribution in [0.2, 0.25) is 0 Å². The molecule has 4 rings (SSSR count). The SMILES string of the molecule is CC(C1CC1)N(C(=O)c1ccncc1)c1cccc(C(=O)Nc2c(Br)cc(C(F)(C(F)(F)F)C(F)(F)F)cc2C(F)(F)F)c1F. The van der Waals surface area contributed by atoms with Crippen LogP contribution in [0.15, 0.2) is 59.3 Å². The van der Waals surface area contributed by atoms with Crippen LogP contribution in [0.1, 0.15) is 51.6 Å². The van der Waals surface area contributed by atoms with Gasteiger partial charge in [-0.3, -0.25) is 14.6 Å². The van der Waals surface area contributed by atoms with Crippen molar-refractivity contribution in [3.63, 3.8) is 0 Å². The van der Waals surface area contributed by atoms with Crippen LogP contribution in [0.4, 0.5) is 59.7 Å². The Labute approximate surface area is 255 Å². The van der Waals surface area contributed by atoms with Crippen LogP contribution in [0, 0.1) is 11.7 Å². The number of carbonyl (C=O) groups is 2. The highest BCUT2D eigenvalue weighted by atomic mass is 79.9. The molecule has 17 heteroatoms. The van der Waals surface area contributed by atoms with Crippen molar-refractivity contribution in [2.24, 2.45) is 5.92 Å². The molecule has 1 unspecified atom stereocenters. The number of anilines is 2. The van der Waals surface area contributed by atoms with E-state index in [1.54, 1.807) is 12.2 Å². The van der Waals surface area contributed by atoms with E-state index in [0.29, 0.717) is 12.8 Å². The number of benzene rings is 2. The Balaban J connectivity index is 1.79. The fourth-order valence-corrected chi connectivity index (χ4v) is 5.20. The van der Waals surface area contributed by atoms with E-state index in [4.69, 9.17) is 0 Å². The molecule has 5 nitrogen and oxygen atoms in total. The molecule has 1 aliphatic carbocycles. The van der Waals surface area contributed by atoms with Gasteiger partial charge in [-0.2, -0.15) is 39.5 Å². The molecular weight excluding hydrogens is 699 g/mol. The van der Waals surface area contributed by atoms with Crippen LogP contribution in [-0.2, 0) is 11.8 Å². The van der Waals surface area contributed by atoms with Gasteiger partial charge in [0.15, 0.2) is 5.82 Å². The quantitative estimate of drug-likeness (QED) is 0.248. The first-order chi connectivity index (χ1) is 20.7. The van der Waals surface area contributed by atoms with E-state index in [-0.39, 0.29) is 17.5 Å². The van der Waals surface area contributed by atoms with Crippen molar-refractivity contribution < 1.29 is 57.9 Å². The van der Waals surface area contributed by atoms with Crippen molar-refractivity contribution in [2.75, 3.05) is 10.2 Å². The topological polar surface area (TPSA) is 62.3 Å². The number of halogens is 12. The van der Waals surface area contributed by atoms with Crippen molar-refractivity contribution in [3.8, 4) is 0 Å². The van der Waals surface area contributed by atoms with Crippen molar-refractivity contribution in [2.45, 2.75) is 50.0 Å². The molecule has 0 bridgehead atoms. The highest BCUT2D eigenvalue weighted by molar-refractivity contribution is 9.10. The molecule has 1 atom stereocenters. The van der Waals surface area contributed by atoms with Crippen molar-refractivity contribution in [3.05, 3.63) is 87.4 Å². The lowest BCUT2D eigenvalue weighted by atomic mass is 9.92. The highest BCUT2D eigenvalue weighted by Gasteiger charge is 2.73. The van der Waals surface area contributed by atoms with Gasteiger partial charge in [0.25, 0.3) is 11.8 Å². The van der Waals surface area contributed by atoms with Gasteiger partial charge >= 0.3 is 24.2 Å². The number of hydrogen-bond donors (Lipinski definition) is 1. The van der Waals surface area contributed by atoms with Crippen LogP contribution in [0.3, 0.4) is 0 Å². The minimum absolute atomic E-state index is 0.0347. The smallest absolute Gasteiger partial charge is 0.320 e. The first kappa shape index (κ1) is 34.1. The second-order valence-electron chi connectivity index (χ2n) is 10.1. The maximum Gasteiger partial charge on any atom is 0.435 e. The minimum Gasteiger partial charge on any atom is -0.320 e. The van der Waals surface area contributed by atoms with Crippen LogP contribution in [0.25, 0.3) is 0 Å². The molecular formula is C28H19BrF11N3O2. The van der Waals surface area contributed by atoms with E-state index < -0.39 is 86.5 Å².